The van der Waals surface area contributed by atoms with Gasteiger partial charge in [0.2, 0.25) is 11.8 Å². The van der Waals surface area contributed by atoms with Gasteiger partial charge in [0.15, 0.2) is 0 Å². The van der Waals surface area contributed by atoms with Crippen LogP contribution in [-0.4, -0.2) is 46.0 Å². The van der Waals surface area contributed by atoms with Crippen LogP contribution in [0.2, 0.25) is 0 Å². The number of rotatable bonds is 10. The number of benzene rings is 1. The number of carbonyl (C=O) groups excluding carboxylic acids is 3. The Morgan fingerprint density at radius 3 is 2.08 bits per heavy atom. The van der Waals surface area contributed by atoms with Crippen molar-refractivity contribution in [3.05, 3.63) is 35.4 Å². The fourth-order valence-corrected chi connectivity index (χ4v) is 4.91. The first-order valence-electron chi connectivity index (χ1n) is 14.4. The van der Waals surface area contributed by atoms with Crippen LogP contribution in [0.4, 0.5) is 4.79 Å². The normalized spacial score (nSPS) is 17.2. The minimum Gasteiger partial charge on any atom is -0.444 e. The molecule has 1 saturated carbocycles. The highest BCUT2D eigenvalue weighted by molar-refractivity contribution is 5.93. The molecule has 7 nitrogen and oxygen atoms in total. The monoisotopic (exact) mass is 529 g/mol. The number of ether oxygens (including phenoxy) is 1. The quantitative estimate of drug-likeness (QED) is 0.365. The maximum Gasteiger partial charge on any atom is 0.408 e. The first-order valence-corrected chi connectivity index (χ1v) is 14.4. The summed E-state index contributed by atoms with van der Waals surface area (Å²) in [6, 6.07) is 6.27. The average Bonchev–Trinajstić information content (AvgIpc) is 2.85. The van der Waals surface area contributed by atoms with E-state index in [1.807, 2.05) is 65.8 Å². The molecule has 0 radical (unpaired) electrons. The Balaban J connectivity index is 2.57. The standard InChI is InChI=1S/C31H51N3O4/c1-10-22(4)25(33-29(37)38-30(5,6)7)28(36)34(31(8,9)11-2)26(23-19-17-21(3)18-20-23)27(35)32-24-15-13-12-14-16-24/h17-20,22,24-26H,10-16H2,1-9H3,(H,32,35)(H,33,37). The molecule has 1 fully saturated rings. The van der Waals surface area contributed by atoms with Crippen molar-refractivity contribution in [1.82, 2.24) is 15.5 Å². The zero-order valence-corrected chi connectivity index (χ0v) is 25.1. The summed E-state index contributed by atoms with van der Waals surface area (Å²) >= 11 is 0. The zero-order valence-electron chi connectivity index (χ0n) is 25.1. The smallest absolute Gasteiger partial charge is 0.408 e. The molecule has 3 amide bonds. The summed E-state index contributed by atoms with van der Waals surface area (Å²) in [5, 5.41) is 6.13. The molecule has 0 saturated heterocycles. The van der Waals surface area contributed by atoms with Crippen molar-refractivity contribution < 1.29 is 19.1 Å². The van der Waals surface area contributed by atoms with Gasteiger partial charge in [0.1, 0.15) is 17.7 Å². The number of carbonyl (C=O) groups is 3. The largest absolute Gasteiger partial charge is 0.444 e. The Morgan fingerprint density at radius 1 is 1.00 bits per heavy atom. The molecule has 0 spiro atoms. The minimum atomic E-state index is -0.837. The van der Waals surface area contributed by atoms with E-state index in [4.69, 9.17) is 4.74 Å². The summed E-state index contributed by atoms with van der Waals surface area (Å²) in [5.41, 5.74) is 0.494. The number of hydrogen-bond acceptors (Lipinski definition) is 4. The van der Waals surface area contributed by atoms with Crippen molar-refractivity contribution >= 4 is 17.9 Å². The molecule has 1 aliphatic rings. The third-order valence-corrected chi connectivity index (χ3v) is 7.76. The van der Waals surface area contributed by atoms with Gasteiger partial charge < -0.3 is 20.3 Å². The van der Waals surface area contributed by atoms with Gasteiger partial charge in [-0.05, 0) is 72.3 Å². The van der Waals surface area contributed by atoms with Crippen LogP contribution in [0.5, 0.6) is 0 Å². The number of alkyl carbamates (subject to hydrolysis) is 1. The first-order chi connectivity index (χ1) is 17.7. The van der Waals surface area contributed by atoms with Crippen molar-refractivity contribution in [3.63, 3.8) is 0 Å². The average molecular weight is 530 g/mol. The lowest BCUT2D eigenvalue weighted by molar-refractivity contribution is -0.150. The van der Waals surface area contributed by atoms with Gasteiger partial charge in [-0.1, -0.05) is 76.3 Å². The topological polar surface area (TPSA) is 87.7 Å². The van der Waals surface area contributed by atoms with Gasteiger partial charge in [0.25, 0.3) is 0 Å². The van der Waals surface area contributed by atoms with Gasteiger partial charge in [-0.15, -0.1) is 0 Å². The van der Waals surface area contributed by atoms with Gasteiger partial charge in [-0.2, -0.15) is 0 Å². The second-order valence-electron chi connectivity index (χ2n) is 12.5. The molecular formula is C31H51N3O4. The molecule has 1 aromatic carbocycles. The summed E-state index contributed by atoms with van der Waals surface area (Å²) in [6.07, 6.45) is 5.96. The first kappa shape index (κ1) is 31.6. The lowest BCUT2D eigenvalue weighted by Gasteiger charge is -2.45. The maximum absolute atomic E-state index is 14.5. The Bertz CT molecular complexity index is 929. The molecule has 38 heavy (non-hydrogen) atoms. The van der Waals surface area contributed by atoms with E-state index in [9.17, 15) is 14.4 Å². The Labute approximate surface area is 230 Å². The van der Waals surface area contributed by atoms with Crippen LogP contribution in [0.3, 0.4) is 0 Å². The lowest BCUT2D eigenvalue weighted by Crippen LogP contribution is -2.61. The second kappa shape index (κ2) is 13.5. The van der Waals surface area contributed by atoms with Crippen molar-refractivity contribution in [2.24, 2.45) is 5.92 Å². The molecule has 0 heterocycles. The molecule has 1 aromatic rings. The molecule has 2 rings (SSSR count). The third kappa shape index (κ3) is 8.74. The van der Waals surface area contributed by atoms with Crippen LogP contribution in [0, 0.1) is 12.8 Å². The number of hydrogen-bond donors (Lipinski definition) is 2. The summed E-state index contributed by atoms with van der Waals surface area (Å²) in [4.78, 5) is 43.1. The summed E-state index contributed by atoms with van der Waals surface area (Å²) < 4.78 is 5.51. The molecule has 2 N–H and O–H groups in total. The molecule has 214 valence electrons. The second-order valence-corrected chi connectivity index (χ2v) is 12.5. The number of amides is 3. The van der Waals surface area contributed by atoms with Gasteiger partial charge >= 0.3 is 6.09 Å². The molecular weight excluding hydrogens is 478 g/mol. The van der Waals surface area contributed by atoms with Gasteiger partial charge in [0.05, 0.1) is 0 Å². The van der Waals surface area contributed by atoms with Gasteiger partial charge in [-0.3, -0.25) is 9.59 Å². The molecule has 3 unspecified atom stereocenters. The minimum absolute atomic E-state index is 0.108. The Kier molecular flexibility index (Phi) is 11.2. The van der Waals surface area contributed by atoms with E-state index >= 15 is 0 Å². The molecule has 1 aliphatic carbocycles. The predicted molar refractivity (Wildman–Crippen MR) is 153 cm³/mol. The van der Waals surface area contributed by atoms with Gasteiger partial charge in [-0.25, -0.2) is 4.79 Å². The van der Waals surface area contributed by atoms with E-state index in [0.717, 1.165) is 36.8 Å². The van der Waals surface area contributed by atoms with Crippen LogP contribution in [-0.2, 0) is 14.3 Å². The Hall–Kier alpha value is -2.57. The van der Waals surface area contributed by atoms with Crippen molar-refractivity contribution in [3.8, 4) is 0 Å². The van der Waals surface area contributed by atoms with Crippen molar-refractivity contribution in [1.29, 1.82) is 0 Å². The maximum atomic E-state index is 14.5. The van der Waals surface area contributed by atoms with E-state index < -0.39 is 29.3 Å². The Morgan fingerprint density at radius 2 is 1.58 bits per heavy atom. The van der Waals surface area contributed by atoms with E-state index in [-0.39, 0.29) is 23.8 Å². The fraction of sp³-hybridized carbons (Fsp3) is 0.710. The lowest BCUT2D eigenvalue weighted by atomic mass is 9.88. The van der Waals surface area contributed by atoms with Crippen molar-refractivity contribution in [2.75, 3.05) is 0 Å². The highest BCUT2D eigenvalue weighted by Gasteiger charge is 2.44. The highest BCUT2D eigenvalue weighted by Crippen LogP contribution is 2.34. The van der Waals surface area contributed by atoms with E-state index in [1.54, 1.807) is 25.7 Å². The van der Waals surface area contributed by atoms with Gasteiger partial charge in [0, 0.05) is 11.6 Å². The number of aryl methyl sites for hydroxylation is 1. The molecule has 0 aromatic heterocycles. The molecule has 0 aliphatic heterocycles. The summed E-state index contributed by atoms with van der Waals surface area (Å²) in [6.45, 7) is 17.3. The van der Waals surface area contributed by atoms with Crippen LogP contribution in [0.25, 0.3) is 0 Å². The molecule has 3 atom stereocenters. The van der Waals surface area contributed by atoms with Crippen LogP contribution < -0.4 is 10.6 Å². The fourth-order valence-electron chi connectivity index (χ4n) is 4.91. The van der Waals surface area contributed by atoms with Crippen LogP contribution in [0.15, 0.2) is 24.3 Å². The molecule has 0 bridgehead atoms. The van der Waals surface area contributed by atoms with E-state index in [2.05, 4.69) is 10.6 Å². The van der Waals surface area contributed by atoms with Crippen LogP contribution in [0.1, 0.15) is 118 Å². The third-order valence-electron chi connectivity index (χ3n) is 7.76. The number of nitrogens with one attached hydrogen (secondary N) is 2. The molecule has 7 heteroatoms. The predicted octanol–water partition coefficient (Wildman–Crippen LogP) is 6.44. The highest BCUT2D eigenvalue weighted by atomic mass is 16.6. The summed E-state index contributed by atoms with van der Waals surface area (Å²) in [7, 11) is 0. The number of nitrogens with zero attached hydrogens (tertiary/aromatic N) is 1. The van der Waals surface area contributed by atoms with Crippen LogP contribution >= 0.6 is 0 Å². The van der Waals surface area contributed by atoms with Crippen molar-refractivity contribution in [2.45, 2.75) is 137 Å². The van der Waals surface area contributed by atoms with E-state index in [1.165, 1.54) is 6.42 Å². The summed E-state index contributed by atoms with van der Waals surface area (Å²) in [5.74, 6) is -0.609. The zero-order chi connectivity index (χ0) is 28.7. The SMILES string of the molecule is CCC(C)C(NC(=O)OC(C)(C)C)C(=O)N(C(C(=O)NC1CCCCC1)c1ccc(C)cc1)C(C)(C)CC. The van der Waals surface area contributed by atoms with E-state index in [0.29, 0.717) is 12.8 Å².